The Morgan fingerprint density at radius 1 is 1.21 bits per heavy atom. The van der Waals surface area contributed by atoms with Gasteiger partial charge in [0.2, 0.25) is 0 Å². The third-order valence-electron chi connectivity index (χ3n) is 2.64. The van der Waals surface area contributed by atoms with Crippen molar-refractivity contribution in [3.05, 3.63) is 28.2 Å². The second-order valence-electron chi connectivity index (χ2n) is 4.63. The Bertz CT molecular complexity index is 405. The lowest BCUT2D eigenvalue weighted by Gasteiger charge is -2.13. The molecule has 0 saturated carbocycles. The largest absolute Gasteiger partial charge is 0.416 e. The monoisotopic (exact) mass is 338 g/mol. The molecule has 0 heterocycles. The number of nitrogens with one attached hydrogen (secondary N) is 1. The number of hydrogen-bond acceptors (Lipinski definition) is 2. The molecule has 0 amide bonds. The number of nitrogens with zero attached hydrogens (tertiary/aromatic N) is 1. The lowest BCUT2D eigenvalue weighted by molar-refractivity contribution is -0.137. The molecule has 19 heavy (non-hydrogen) atoms. The first-order valence-corrected chi connectivity index (χ1v) is 6.85. The number of hydrogen-bond donors (Lipinski definition) is 1. The van der Waals surface area contributed by atoms with Crippen LogP contribution in [0, 0.1) is 0 Å². The number of unbranched alkanes of at least 4 members (excludes halogenated alkanes) is 1. The van der Waals surface area contributed by atoms with Gasteiger partial charge in [0.05, 0.1) is 5.56 Å². The summed E-state index contributed by atoms with van der Waals surface area (Å²) in [6.07, 6.45) is -2.27. The van der Waals surface area contributed by atoms with Crippen LogP contribution in [-0.2, 0) is 6.18 Å². The van der Waals surface area contributed by atoms with E-state index in [1.807, 2.05) is 14.1 Å². The lowest BCUT2D eigenvalue weighted by atomic mass is 10.2. The average Bonchev–Trinajstić information content (AvgIpc) is 2.28. The number of benzene rings is 1. The summed E-state index contributed by atoms with van der Waals surface area (Å²) < 4.78 is 37.9. The first kappa shape index (κ1) is 16.3. The zero-order valence-electron chi connectivity index (χ0n) is 11.0. The molecule has 0 radical (unpaired) electrons. The van der Waals surface area contributed by atoms with Crippen LogP contribution in [0.25, 0.3) is 0 Å². The predicted octanol–water partition coefficient (Wildman–Crippen LogP) is 4.22. The van der Waals surface area contributed by atoms with Gasteiger partial charge in [-0.15, -0.1) is 0 Å². The van der Waals surface area contributed by atoms with Gasteiger partial charge in [0, 0.05) is 16.7 Å². The van der Waals surface area contributed by atoms with E-state index in [0.717, 1.165) is 38.1 Å². The molecule has 0 atom stereocenters. The standard InChI is InChI=1S/C13H18BrF3N2/c1-19(2)8-4-3-7-18-12-6-5-10(9-11(12)14)13(15,16)17/h5-6,9,18H,3-4,7-8H2,1-2H3. The Morgan fingerprint density at radius 2 is 1.89 bits per heavy atom. The summed E-state index contributed by atoms with van der Waals surface area (Å²) in [4.78, 5) is 2.11. The summed E-state index contributed by atoms with van der Waals surface area (Å²) in [6.45, 7) is 1.76. The molecule has 0 aliphatic rings. The fraction of sp³-hybridized carbons (Fsp3) is 0.538. The zero-order valence-corrected chi connectivity index (χ0v) is 12.6. The summed E-state index contributed by atoms with van der Waals surface area (Å²) in [5, 5.41) is 3.13. The highest BCUT2D eigenvalue weighted by molar-refractivity contribution is 9.10. The Morgan fingerprint density at radius 3 is 2.42 bits per heavy atom. The third-order valence-corrected chi connectivity index (χ3v) is 3.30. The number of halogens is 4. The van der Waals surface area contributed by atoms with Crippen molar-refractivity contribution in [1.29, 1.82) is 0 Å². The molecule has 1 aromatic rings. The van der Waals surface area contributed by atoms with Gasteiger partial charge in [0.1, 0.15) is 0 Å². The molecule has 1 rings (SSSR count). The topological polar surface area (TPSA) is 15.3 Å². The van der Waals surface area contributed by atoms with Crippen LogP contribution in [-0.4, -0.2) is 32.1 Å². The zero-order chi connectivity index (χ0) is 14.5. The predicted molar refractivity (Wildman–Crippen MR) is 75.4 cm³/mol. The van der Waals surface area contributed by atoms with E-state index < -0.39 is 11.7 Å². The molecule has 1 aromatic carbocycles. The Hall–Kier alpha value is -0.750. The lowest BCUT2D eigenvalue weighted by Crippen LogP contribution is -2.14. The van der Waals surface area contributed by atoms with Crippen molar-refractivity contribution in [3.63, 3.8) is 0 Å². The van der Waals surface area contributed by atoms with Crippen LogP contribution in [0.3, 0.4) is 0 Å². The molecule has 0 saturated heterocycles. The summed E-state index contributed by atoms with van der Waals surface area (Å²) in [5.74, 6) is 0. The van der Waals surface area contributed by atoms with Crippen molar-refractivity contribution in [1.82, 2.24) is 4.90 Å². The van der Waals surface area contributed by atoms with E-state index in [-0.39, 0.29) is 0 Å². The minimum atomic E-state index is -4.30. The highest BCUT2D eigenvalue weighted by Crippen LogP contribution is 2.33. The van der Waals surface area contributed by atoms with E-state index in [9.17, 15) is 13.2 Å². The molecular weight excluding hydrogens is 321 g/mol. The number of anilines is 1. The van der Waals surface area contributed by atoms with Gasteiger partial charge in [-0.2, -0.15) is 13.2 Å². The van der Waals surface area contributed by atoms with E-state index in [2.05, 4.69) is 26.1 Å². The molecule has 0 aromatic heterocycles. The SMILES string of the molecule is CN(C)CCCCNc1ccc(C(F)(F)F)cc1Br. The maximum atomic E-state index is 12.5. The molecule has 1 N–H and O–H groups in total. The van der Waals surface area contributed by atoms with E-state index >= 15 is 0 Å². The maximum absolute atomic E-state index is 12.5. The van der Waals surface area contributed by atoms with Gasteiger partial charge in [-0.25, -0.2) is 0 Å². The molecule has 0 aliphatic carbocycles. The quantitative estimate of drug-likeness (QED) is 0.781. The fourth-order valence-electron chi connectivity index (χ4n) is 1.61. The average molecular weight is 339 g/mol. The van der Waals surface area contributed by atoms with Crippen LogP contribution >= 0.6 is 15.9 Å². The number of rotatable bonds is 6. The molecule has 2 nitrogen and oxygen atoms in total. The van der Waals surface area contributed by atoms with E-state index in [0.29, 0.717) is 10.2 Å². The van der Waals surface area contributed by atoms with Crippen LogP contribution < -0.4 is 5.32 Å². The molecule has 0 bridgehead atoms. The Balaban J connectivity index is 2.47. The minimum absolute atomic E-state index is 0.440. The highest BCUT2D eigenvalue weighted by Gasteiger charge is 2.30. The summed E-state index contributed by atoms with van der Waals surface area (Å²) in [7, 11) is 4.03. The molecule has 0 fully saturated rings. The maximum Gasteiger partial charge on any atom is 0.416 e. The van der Waals surface area contributed by atoms with Crippen molar-refractivity contribution in [3.8, 4) is 0 Å². The first-order chi connectivity index (χ1) is 8.80. The van der Waals surface area contributed by atoms with Crippen molar-refractivity contribution in [2.45, 2.75) is 19.0 Å². The van der Waals surface area contributed by atoms with Gasteiger partial charge in [0.25, 0.3) is 0 Å². The number of alkyl halides is 3. The summed E-state index contributed by atoms with van der Waals surface area (Å²) >= 11 is 3.16. The van der Waals surface area contributed by atoms with Gasteiger partial charge in [-0.05, 0) is 67.6 Å². The first-order valence-electron chi connectivity index (χ1n) is 6.06. The molecule has 6 heteroatoms. The minimum Gasteiger partial charge on any atom is -0.384 e. The Kier molecular flexibility index (Phi) is 6.13. The van der Waals surface area contributed by atoms with Gasteiger partial charge in [-0.3, -0.25) is 0 Å². The van der Waals surface area contributed by atoms with Crippen molar-refractivity contribution in [2.24, 2.45) is 0 Å². The van der Waals surface area contributed by atoms with Gasteiger partial charge in [0.15, 0.2) is 0 Å². The Labute approximate surface area is 120 Å². The fourth-order valence-corrected chi connectivity index (χ4v) is 2.13. The normalized spacial score (nSPS) is 11.9. The van der Waals surface area contributed by atoms with Crippen LogP contribution in [0.2, 0.25) is 0 Å². The summed E-state index contributed by atoms with van der Waals surface area (Å²) in [6, 6.07) is 3.65. The third kappa shape index (κ3) is 5.82. The van der Waals surface area contributed by atoms with Crippen molar-refractivity contribution in [2.75, 3.05) is 32.5 Å². The molecule has 108 valence electrons. The van der Waals surface area contributed by atoms with Gasteiger partial charge in [-0.1, -0.05) is 0 Å². The van der Waals surface area contributed by atoms with Crippen LogP contribution in [0.1, 0.15) is 18.4 Å². The van der Waals surface area contributed by atoms with Crippen LogP contribution in [0.15, 0.2) is 22.7 Å². The van der Waals surface area contributed by atoms with Gasteiger partial charge < -0.3 is 10.2 Å². The second kappa shape index (κ2) is 7.14. The van der Waals surface area contributed by atoms with E-state index in [1.54, 1.807) is 0 Å². The van der Waals surface area contributed by atoms with Gasteiger partial charge >= 0.3 is 6.18 Å². The van der Waals surface area contributed by atoms with Crippen molar-refractivity contribution >= 4 is 21.6 Å². The smallest absolute Gasteiger partial charge is 0.384 e. The molecule has 0 aliphatic heterocycles. The molecule has 0 spiro atoms. The second-order valence-corrected chi connectivity index (χ2v) is 5.48. The molecule has 0 unspecified atom stereocenters. The summed E-state index contributed by atoms with van der Waals surface area (Å²) in [5.41, 5.74) is 0.0513. The highest BCUT2D eigenvalue weighted by atomic mass is 79.9. The van der Waals surface area contributed by atoms with Crippen LogP contribution in [0.4, 0.5) is 18.9 Å². The van der Waals surface area contributed by atoms with E-state index in [4.69, 9.17) is 0 Å². The molecular formula is C13H18BrF3N2. The van der Waals surface area contributed by atoms with Crippen LogP contribution in [0.5, 0.6) is 0 Å². The van der Waals surface area contributed by atoms with Crippen molar-refractivity contribution < 1.29 is 13.2 Å². The van der Waals surface area contributed by atoms with E-state index in [1.165, 1.54) is 6.07 Å².